The van der Waals surface area contributed by atoms with Crippen LogP contribution in [-0.2, 0) is 11.3 Å². The lowest BCUT2D eigenvalue weighted by molar-refractivity contribution is -0.123. The van der Waals surface area contributed by atoms with Crippen LogP contribution in [0.2, 0.25) is 0 Å². The average molecular weight is 616 g/mol. The summed E-state index contributed by atoms with van der Waals surface area (Å²) >= 11 is 1.34. The number of fused-ring (bicyclic) bond motifs is 8. The molecule has 1 aromatic heterocycles. The van der Waals surface area contributed by atoms with Crippen LogP contribution in [0.5, 0.6) is 17.2 Å². The number of nitrogens with zero attached hydrogens (tertiary/aromatic N) is 2. The van der Waals surface area contributed by atoms with E-state index in [4.69, 9.17) is 19.9 Å². The molecule has 0 radical (unpaired) electrons. The van der Waals surface area contributed by atoms with Gasteiger partial charge < -0.3 is 35.5 Å². The van der Waals surface area contributed by atoms with Gasteiger partial charge in [-0.3, -0.25) is 14.4 Å². The van der Waals surface area contributed by atoms with E-state index in [2.05, 4.69) is 15.6 Å². The minimum absolute atomic E-state index is 0.146. The van der Waals surface area contributed by atoms with Gasteiger partial charge in [-0.2, -0.15) is 0 Å². The number of methoxy groups -OCH3 is 1. The molecule has 3 aliphatic rings. The maximum absolute atomic E-state index is 13.8. The van der Waals surface area contributed by atoms with Gasteiger partial charge >= 0.3 is 0 Å². The summed E-state index contributed by atoms with van der Waals surface area (Å²) in [5.74, 6) is 0.735. The van der Waals surface area contributed by atoms with Crippen LogP contribution in [0.4, 0.5) is 5.13 Å². The van der Waals surface area contributed by atoms with Crippen molar-refractivity contribution >= 4 is 44.4 Å². The Balaban J connectivity index is 1.32. The summed E-state index contributed by atoms with van der Waals surface area (Å²) in [7, 11) is 1.55. The van der Waals surface area contributed by atoms with E-state index in [1.165, 1.54) is 11.3 Å². The molecule has 3 aromatic carbocycles. The van der Waals surface area contributed by atoms with Crippen molar-refractivity contribution in [2.24, 2.45) is 0 Å². The number of nitrogen functional groups attached to an aromatic ring is 1. The first-order valence-corrected chi connectivity index (χ1v) is 15.1. The summed E-state index contributed by atoms with van der Waals surface area (Å²) in [5.41, 5.74) is 10.1. The number of thiazole rings is 1. The smallest absolute Gasteiger partial charge is 0.258 e. The Morgan fingerprint density at radius 3 is 2.77 bits per heavy atom. The van der Waals surface area contributed by atoms with Crippen LogP contribution < -0.4 is 30.6 Å². The second-order valence-corrected chi connectivity index (χ2v) is 12.0. The summed E-state index contributed by atoms with van der Waals surface area (Å²) in [6.07, 6.45) is 0.0500. The van der Waals surface area contributed by atoms with E-state index in [0.29, 0.717) is 46.5 Å². The Labute approximate surface area is 258 Å². The number of aromatic nitrogens is 1. The molecule has 1 saturated heterocycles. The Bertz CT molecular complexity index is 1770. The Kier molecular flexibility index (Phi) is 8.00. The highest BCUT2D eigenvalue weighted by Gasteiger charge is 2.35. The van der Waals surface area contributed by atoms with Gasteiger partial charge in [-0.25, -0.2) is 4.98 Å². The van der Waals surface area contributed by atoms with Crippen molar-refractivity contribution in [2.75, 3.05) is 32.5 Å². The van der Waals surface area contributed by atoms with E-state index in [1.807, 2.05) is 32.0 Å². The fourth-order valence-electron chi connectivity index (χ4n) is 5.57. The molecule has 0 saturated carbocycles. The fraction of sp³-hybridized carbons (Fsp3) is 0.312. The van der Waals surface area contributed by atoms with E-state index in [0.717, 1.165) is 26.9 Å². The van der Waals surface area contributed by atoms with Gasteiger partial charge in [0.05, 0.1) is 23.4 Å². The monoisotopic (exact) mass is 615 g/mol. The molecule has 4 N–H and O–H groups in total. The number of carbonyl (C=O) groups is 3. The van der Waals surface area contributed by atoms with Gasteiger partial charge in [0.1, 0.15) is 23.4 Å². The summed E-state index contributed by atoms with van der Waals surface area (Å²) in [6, 6.07) is 13.6. The lowest BCUT2D eigenvalue weighted by Crippen LogP contribution is -2.58. The molecule has 11 nitrogen and oxygen atoms in total. The van der Waals surface area contributed by atoms with Crippen molar-refractivity contribution in [1.29, 1.82) is 0 Å². The number of aryl methyl sites for hydroxylation is 2. The molecule has 2 atom stereocenters. The number of hydrogen-bond donors (Lipinski definition) is 3. The molecule has 0 unspecified atom stereocenters. The summed E-state index contributed by atoms with van der Waals surface area (Å²) in [4.78, 5) is 46.0. The molecule has 44 heavy (non-hydrogen) atoms. The van der Waals surface area contributed by atoms with Crippen molar-refractivity contribution in [3.63, 3.8) is 0 Å². The largest absolute Gasteiger partial charge is 0.496 e. The van der Waals surface area contributed by atoms with Crippen LogP contribution in [0.3, 0.4) is 0 Å². The zero-order valence-corrected chi connectivity index (χ0v) is 25.5. The van der Waals surface area contributed by atoms with E-state index in [9.17, 15) is 14.4 Å². The van der Waals surface area contributed by atoms with Crippen LogP contribution in [0, 0.1) is 13.8 Å². The fourth-order valence-corrected chi connectivity index (χ4v) is 6.42. The quantitative estimate of drug-likeness (QED) is 0.310. The van der Waals surface area contributed by atoms with Crippen LogP contribution in [-0.4, -0.2) is 66.6 Å². The average Bonchev–Trinajstić information content (AvgIpc) is 3.40. The van der Waals surface area contributed by atoms with Gasteiger partial charge in [0.2, 0.25) is 0 Å². The van der Waals surface area contributed by atoms with Gasteiger partial charge in [0.15, 0.2) is 11.7 Å². The van der Waals surface area contributed by atoms with Crippen molar-refractivity contribution in [3.05, 3.63) is 76.3 Å². The third kappa shape index (κ3) is 5.98. The first-order chi connectivity index (χ1) is 21.2. The van der Waals surface area contributed by atoms with Gasteiger partial charge in [0.25, 0.3) is 17.7 Å². The van der Waals surface area contributed by atoms with Crippen LogP contribution in [0.15, 0.2) is 48.5 Å². The van der Waals surface area contributed by atoms with Crippen molar-refractivity contribution in [3.8, 4) is 17.2 Å². The number of nitrogens with two attached hydrogens (primary N) is 1. The Morgan fingerprint density at radius 1 is 1.11 bits per heavy atom. The maximum Gasteiger partial charge on any atom is 0.258 e. The molecule has 228 valence electrons. The van der Waals surface area contributed by atoms with Crippen molar-refractivity contribution in [2.45, 2.75) is 39.0 Å². The standard InChI is InChI=1S/C32H33N5O6S/c1-17-4-5-19-11-25(17)42-16-28(38)34-14-20-6-7-22(13-26(20)41-3)43-24-8-9-37(15-23(24)35-30(19)39)31(40)21-10-18(2)29-27(12-21)44-32(33)36-29/h4-7,10-13,23-24H,8-9,14-16H2,1-3H3,(H2,33,36)(H,34,38)(H,35,39)/t23-,24+/m0/s1. The number of nitrogens with one attached hydrogen (secondary N) is 2. The zero-order valence-electron chi connectivity index (χ0n) is 24.6. The number of piperidine rings is 1. The molecule has 3 amide bonds. The molecule has 12 heteroatoms. The highest BCUT2D eigenvalue weighted by atomic mass is 32.1. The molecular weight excluding hydrogens is 582 g/mol. The van der Waals surface area contributed by atoms with Gasteiger partial charge in [-0.05, 0) is 61.4 Å². The van der Waals surface area contributed by atoms with Gasteiger partial charge in [0, 0.05) is 48.8 Å². The molecular formula is C32H33N5O6S. The summed E-state index contributed by atoms with van der Waals surface area (Å²) < 4.78 is 18.6. The van der Waals surface area contributed by atoms with Gasteiger partial charge in [-0.1, -0.05) is 17.4 Å². The topological polar surface area (TPSA) is 145 Å². The predicted molar refractivity (Wildman–Crippen MR) is 166 cm³/mol. The first kappa shape index (κ1) is 29.2. The highest BCUT2D eigenvalue weighted by Crippen LogP contribution is 2.30. The Hall–Kier alpha value is -4.84. The van der Waals surface area contributed by atoms with Gasteiger partial charge in [-0.15, -0.1) is 0 Å². The van der Waals surface area contributed by atoms with Crippen molar-refractivity contribution in [1.82, 2.24) is 20.5 Å². The first-order valence-electron chi connectivity index (χ1n) is 14.3. The van der Waals surface area contributed by atoms with Crippen LogP contribution in [0.25, 0.3) is 10.2 Å². The van der Waals surface area contributed by atoms with E-state index < -0.39 is 12.1 Å². The van der Waals surface area contributed by atoms with Crippen LogP contribution in [0.1, 0.15) is 43.8 Å². The van der Waals surface area contributed by atoms with Crippen LogP contribution >= 0.6 is 11.3 Å². The second kappa shape index (κ2) is 12.0. The second-order valence-electron chi connectivity index (χ2n) is 11.0. The molecule has 4 heterocycles. The normalized spacial score (nSPS) is 18.8. The number of ether oxygens (including phenoxy) is 3. The third-order valence-electron chi connectivity index (χ3n) is 7.93. The van der Waals surface area contributed by atoms with E-state index >= 15 is 0 Å². The predicted octanol–water partition coefficient (Wildman–Crippen LogP) is 3.60. The molecule has 0 aliphatic carbocycles. The SMILES string of the molecule is COc1cc2ccc1CNC(=O)COc1cc(ccc1C)C(=O)N[C@H]1CN(C(=O)c3cc(C)c4nc(N)sc4c3)CC[C@H]1O2. The molecule has 4 bridgehead atoms. The third-order valence-corrected chi connectivity index (χ3v) is 8.76. The molecule has 4 aromatic rings. The lowest BCUT2D eigenvalue weighted by atomic mass is 9.99. The molecule has 0 spiro atoms. The number of rotatable bonds is 2. The molecule has 3 aliphatic heterocycles. The zero-order chi connectivity index (χ0) is 31.0. The molecule has 1 fully saturated rings. The summed E-state index contributed by atoms with van der Waals surface area (Å²) in [6.45, 7) is 4.45. The number of benzene rings is 3. The Morgan fingerprint density at radius 2 is 1.95 bits per heavy atom. The van der Waals surface area contributed by atoms with E-state index in [1.54, 1.807) is 42.3 Å². The highest BCUT2D eigenvalue weighted by molar-refractivity contribution is 7.22. The number of carbonyl (C=O) groups excluding carboxylic acids is 3. The lowest BCUT2D eigenvalue weighted by Gasteiger charge is -2.39. The number of likely N-dealkylation sites (tertiary alicyclic amines) is 1. The number of amides is 3. The summed E-state index contributed by atoms with van der Waals surface area (Å²) in [5, 5.41) is 6.40. The number of hydrogen-bond acceptors (Lipinski definition) is 9. The number of anilines is 1. The minimum Gasteiger partial charge on any atom is -0.496 e. The van der Waals surface area contributed by atoms with Crippen molar-refractivity contribution < 1.29 is 28.6 Å². The minimum atomic E-state index is -0.528. The molecule has 7 rings (SSSR count). The van der Waals surface area contributed by atoms with E-state index in [-0.39, 0.29) is 37.4 Å². The maximum atomic E-state index is 13.8.